The first-order chi connectivity index (χ1) is 6.46. The number of halogens is 3. The minimum absolute atomic E-state index is 0.00797. The van der Waals surface area contributed by atoms with E-state index in [0.717, 1.165) is 0 Å². The second-order valence-corrected chi connectivity index (χ2v) is 2.92. The van der Waals surface area contributed by atoms with Crippen molar-refractivity contribution in [2.75, 3.05) is 6.61 Å². The molecule has 0 bridgehead atoms. The maximum Gasteiger partial charge on any atom is 0.436 e. The van der Waals surface area contributed by atoms with Crippen molar-refractivity contribution in [3.05, 3.63) is 10.6 Å². The lowest BCUT2D eigenvalue weighted by Gasteiger charge is -2.03. The number of rotatable bonds is 2. The van der Waals surface area contributed by atoms with Crippen molar-refractivity contribution in [2.45, 2.75) is 13.1 Å². The van der Waals surface area contributed by atoms with Gasteiger partial charge in [0.25, 0.3) is 0 Å². The van der Waals surface area contributed by atoms with Crippen LogP contribution in [0.2, 0.25) is 0 Å². The van der Waals surface area contributed by atoms with Gasteiger partial charge in [-0.15, -0.1) is 5.10 Å². The molecule has 4 nitrogen and oxygen atoms in total. The third-order valence-corrected chi connectivity index (χ3v) is 1.92. The lowest BCUT2D eigenvalue weighted by molar-refractivity contribution is -0.141. The Labute approximate surface area is 80.9 Å². The van der Waals surface area contributed by atoms with Crippen LogP contribution in [0.3, 0.4) is 0 Å². The van der Waals surface area contributed by atoms with E-state index >= 15 is 0 Å². The molecule has 1 heterocycles. The molecule has 0 saturated heterocycles. The molecule has 0 radical (unpaired) electrons. The molecule has 14 heavy (non-hydrogen) atoms. The quantitative estimate of drug-likeness (QED) is 0.720. The van der Waals surface area contributed by atoms with Gasteiger partial charge >= 0.3 is 12.1 Å². The van der Waals surface area contributed by atoms with E-state index in [-0.39, 0.29) is 6.61 Å². The van der Waals surface area contributed by atoms with Crippen LogP contribution in [0, 0.1) is 0 Å². The molecule has 0 aliphatic heterocycles. The van der Waals surface area contributed by atoms with Crippen molar-refractivity contribution in [1.29, 1.82) is 0 Å². The predicted octanol–water partition coefficient (Wildman–Crippen LogP) is 1.73. The van der Waals surface area contributed by atoms with Crippen molar-refractivity contribution in [3.8, 4) is 0 Å². The number of carbonyl (C=O) groups excluding carboxylic acids is 1. The number of carbonyl (C=O) groups is 1. The Hall–Kier alpha value is -1.18. The van der Waals surface area contributed by atoms with E-state index in [1.54, 1.807) is 0 Å². The number of hydrogen-bond acceptors (Lipinski definition) is 5. The summed E-state index contributed by atoms with van der Waals surface area (Å²) in [5, 5.41) is 2.83. The summed E-state index contributed by atoms with van der Waals surface area (Å²) >= 11 is 0.369. The van der Waals surface area contributed by atoms with Gasteiger partial charge in [-0.1, -0.05) is 4.49 Å². The Morgan fingerprint density at radius 3 is 2.71 bits per heavy atom. The molecule has 0 saturated carbocycles. The third-order valence-electron chi connectivity index (χ3n) is 1.22. The van der Waals surface area contributed by atoms with E-state index in [1.807, 2.05) is 0 Å². The number of hydrogen-bond donors (Lipinski definition) is 0. The lowest BCUT2D eigenvalue weighted by atomic mass is 10.3. The van der Waals surface area contributed by atoms with E-state index in [0.29, 0.717) is 11.5 Å². The van der Waals surface area contributed by atoms with E-state index in [2.05, 4.69) is 14.3 Å². The fourth-order valence-corrected chi connectivity index (χ4v) is 1.29. The largest absolute Gasteiger partial charge is 0.462 e. The molecule has 0 fully saturated rings. The van der Waals surface area contributed by atoms with Crippen LogP contribution in [0.25, 0.3) is 0 Å². The first kappa shape index (κ1) is 10.9. The average Bonchev–Trinajstić information content (AvgIpc) is 2.50. The normalized spacial score (nSPS) is 11.4. The summed E-state index contributed by atoms with van der Waals surface area (Å²) in [6, 6.07) is 0. The van der Waals surface area contributed by atoms with Gasteiger partial charge in [0, 0.05) is 0 Å². The van der Waals surface area contributed by atoms with Crippen molar-refractivity contribution < 1.29 is 22.7 Å². The first-order valence-electron chi connectivity index (χ1n) is 3.53. The summed E-state index contributed by atoms with van der Waals surface area (Å²) in [6.07, 6.45) is -4.67. The maximum absolute atomic E-state index is 12.2. The number of aromatic nitrogens is 2. The fraction of sp³-hybridized carbons (Fsp3) is 0.500. The predicted molar refractivity (Wildman–Crippen MR) is 40.9 cm³/mol. The lowest BCUT2D eigenvalue weighted by Crippen LogP contribution is -2.13. The zero-order valence-corrected chi connectivity index (χ0v) is 7.78. The van der Waals surface area contributed by atoms with Gasteiger partial charge in [-0.05, 0) is 18.5 Å². The summed E-state index contributed by atoms with van der Waals surface area (Å²) in [5.74, 6) is -1.05. The van der Waals surface area contributed by atoms with E-state index < -0.39 is 22.7 Å². The van der Waals surface area contributed by atoms with Gasteiger partial charge in [0.05, 0.1) is 6.61 Å². The van der Waals surface area contributed by atoms with Crippen LogP contribution in [0.1, 0.15) is 22.3 Å². The SMILES string of the molecule is CCOC(=O)c1snnc1C(F)(F)F. The van der Waals surface area contributed by atoms with Gasteiger partial charge in [-0.2, -0.15) is 13.2 Å². The molecule has 0 N–H and O–H groups in total. The molecule has 0 aliphatic rings. The number of esters is 1. The summed E-state index contributed by atoms with van der Waals surface area (Å²) in [7, 11) is 0. The second kappa shape index (κ2) is 3.91. The highest BCUT2D eigenvalue weighted by molar-refractivity contribution is 7.07. The molecular weight excluding hydrogens is 221 g/mol. The van der Waals surface area contributed by atoms with Crippen LogP contribution in [-0.4, -0.2) is 22.2 Å². The van der Waals surface area contributed by atoms with E-state index in [9.17, 15) is 18.0 Å². The van der Waals surface area contributed by atoms with Crippen LogP contribution >= 0.6 is 11.5 Å². The molecule has 0 unspecified atom stereocenters. The summed E-state index contributed by atoms with van der Waals surface area (Å²) in [5.41, 5.74) is -1.29. The zero-order valence-electron chi connectivity index (χ0n) is 6.96. The van der Waals surface area contributed by atoms with Crippen molar-refractivity contribution >= 4 is 17.5 Å². The Balaban J connectivity index is 2.99. The van der Waals surface area contributed by atoms with Gasteiger partial charge in [0.15, 0.2) is 10.6 Å². The molecule has 1 rings (SSSR count). The zero-order chi connectivity index (χ0) is 10.8. The van der Waals surface area contributed by atoms with E-state index in [4.69, 9.17) is 0 Å². The highest BCUT2D eigenvalue weighted by atomic mass is 32.1. The molecule has 0 atom stereocenters. The standard InChI is InChI=1S/C6H5F3N2O2S/c1-2-13-5(12)3-4(6(7,8)9)10-11-14-3/h2H2,1H3. The third kappa shape index (κ3) is 2.19. The van der Waals surface area contributed by atoms with Gasteiger partial charge in [-0.3, -0.25) is 0 Å². The van der Waals surface area contributed by atoms with Crippen molar-refractivity contribution in [2.24, 2.45) is 0 Å². The number of ether oxygens (including phenoxy) is 1. The van der Waals surface area contributed by atoms with Crippen LogP contribution in [0.15, 0.2) is 0 Å². The van der Waals surface area contributed by atoms with Gasteiger partial charge in [-0.25, -0.2) is 4.79 Å². The van der Waals surface area contributed by atoms with Crippen LogP contribution < -0.4 is 0 Å². The molecule has 0 spiro atoms. The van der Waals surface area contributed by atoms with Gasteiger partial charge in [0.1, 0.15) is 0 Å². The summed E-state index contributed by atoms with van der Waals surface area (Å²) < 4.78 is 44.0. The van der Waals surface area contributed by atoms with Crippen molar-refractivity contribution in [1.82, 2.24) is 9.59 Å². The van der Waals surface area contributed by atoms with Crippen LogP contribution in [0.5, 0.6) is 0 Å². The Morgan fingerprint density at radius 1 is 1.57 bits per heavy atom. The minimum Gasteiger partial charge on any atom is -0.462 e. The molecule has 78 valence electrons. The molecular formula is C6H5F3N2O2S. The molecule has 1 aromatic rings. The Morgan fingerprint density at radius 2 is 2.21 bits per heavy atom. The van der Waals surface area contributed by atoms with Gasteiger partial charge < -0.3 is 4.74 Å². The fourth-order valence-electron chi connectivity index (χ4n) is 0.707. The van der Waals surface area contributed by atoms with Crippen LogP contribution in [0.4, 0.5) is 13.2 Å². The number of nitrogens with zero attached hydrogens (tertiary/aromatic N) is 2. The highest BCUT2D eigenvalue weighted by Crippen LogP contribution is 2.31. The molecule has 0 aromatic carbocycles. The maximum atomic E-state index is 12.2. The van der Waals surface area contributed by atoms with Crippen LogP contribution in [-0.2, 0) is 10.9 Å². The average molecular weight is 226 g/mol. The summed E-state index contributed by atoms with van der Waals surface area (Å²) in [4.78, 5) is 10.4. The smallest absolute Gasteiger partial charge is 0.436 e. The molecule has 0 aliphatic carbocycles. The highest BCUT2D eigenvalue weighted by Gasteiger charge is 2.39. The second-order valence-electron chi connectivity index (χ2n) is 2.17. The van der Waals surface area contributed by atoms with Crippen molar-refractivity contribution in [3.63, 3.8) is 0 Å². The topological polar surface area (TPSA) is 52.1 Å². The number of alkyl halides is 3. The van der Waals surface area contributed by atoms with E-state index in [1.165, 1.54) is 6.92 Å². The monoisotopic (exact) mass is 226 g/mol. The minimum atomic E-state index is -4.67. The molecule has 1 aromatic heterocycles. The first-order valence-corrected chi connectivity index (χ1v) is 4.30. The Kier molecular flexibility index (Phi) is 3.04. The molecule has 0 amide bonds. The van der Waals surface area contributed by atoms with Gasteiger partial charge in [0.2, 0.25) is 0 Å². The Bertz CT molecular complexity index is 336. The summed E-state index contributed by atoms with van der Waals surface area (Å²) in [6.45, 7) is 1.51. The molecule has 8 heteroatoms.